The summed E-state index contributed by atoms with van der Waals surface area (Å²) in [6.45, 7) is -0.0446. The van der Waals surface area contributed by atoms with E-state index in [4.69, 9.17) is 18.0 Å². The van der Waals surface area contributed by atoms with Gasteiger partial charge in [0.05, 0.1) is 25.3 Å². The van der Waals surface area contributed by atoms with Crippen molar-refractivity contribution in [1.82, 2.24) is 10.2 Å². The Labute approximate surface area is 126 Å². The number of hydrogen-bond donors (Lipinski definition) is 3. The third-order valence-electron chi connectivity index (χ3n) is 2.85. The van der Waals surface area contributed by atoms with Crippen LogP contribution >= 0.6 is 12.2 Å². The largest absolute Gasteiger partial charge is 0.389 e. The first-order valence-electron chi connectivity index (χ1n) is 6.19. The number of amides is 3. The van der Waals surface area contributed by atoms with E-state index in [2.05, 4.69) is 10.6 Å². The maximum Gasteiger partial charge on any atom is 0.240 e. The molecule has 0 aromatic heterocycles. The van der Waals surface area contributed by atoms with Crippen molar-refractivity contribution in [2.45, 2.75) is 0 Å². The Morgan fingerprint density at radius 2 is 1.90 bits per heavy atom. The molecule has 1 heterocycles. The molecule has 1 fully saturated rings. The molecule has 0 bridgehead atoms. The van der Waals surface area contributed by atoms with Crippen molar-refractivity contribution in [2.24, 2.45) is 5.73 Å². The quantitative estimate of drug-likeness (QED) is 0.498. The fourth-order valence-electron chi connectivity index (χ4n) is 2.01. The number of rotatable bonds is 4. The molecule has 1 aromatic rings. The highest BCUT2D eigenvalue weighted by molar-refractivity contribution is 7.80. The summed E-state index contributed by atoms with van der Waals surface area (Å²) in [6.07, 6.45) is 0. The number of imide groups is 1. The summed E-state index contributed by atoms with van der Waals surface area (Å²) in [5, 5.41) is 4.85. The fraction of sp³-hybridized carbons (Fsp3) is 0.231. The highest BCUT2D eigenvalue weighted by Crippen LogP contribution is 2.14. The molecule has 7 nitrogen and oxygen atoms in total. The maximum absolute atomic E-state index is 12.0. The number of benzene rings is 1. The van der Waals surface area contributed by atoms with Gasteiger partial charge in [-0.3, -0.25) is 24.6 Å². The Morgan fingerprint density at radius 1 is 1.29 bits per heavy atom. The van der Waals surface area contributed by atoms with E-state index in [1.165, 1.54) is 4.90 Å². The Bertz CT molecular complexity index is 601. The molecule has 1 aromatic carbocycles. The molecule has 110 valence electrons. The Hall–Kier alpha value is -2.32. The highest BCUT2D eigenvalue weighted by Gasteiger charge is 2.24. The van der Waals surface area contributed by atoms with Gasteiger partial charge in [-0.2, -0.15) is 0 Å². The third kappa shape index (κ3) is 4.07. The van der Waals surface area contributed by atoms with Gasteiger partial charge in [-0.05, 0) is 12.1 Å². The molecule has 3 amide bonds. The second-order valence-electron chi connectivity index (χ2n) is 4.57. The van der Waals surface area contributed by atoms with E-state index in [9.17, 15) is 14.4 Å². The molecule has 1 aliphatic heterocycles. The molecule has 1 aliphatic rings. The van der Waals surface area contributed by atoms with E-state index in [0.717, 1.165) is 0 Å². The molecule has 1 saturated heterocycles. The average Bonchev–Trinajstić information content (AvgIpc) is 2.37. The number of carbonyl (C=O) groups is 3. The zero-order chi connectivity index (χ0) is 15.4. The molecule has 0 atom stereocenters. The first kappa shape index (κ1) is 15.1. The summed E-state index contributed by atoms with van der Waals surface area (Å²) in [7, 11) is 0. The van der Waals surface area contributed by atoms with Crippen LogP contribution in [0, 0.1) is 0 Å². The van der Waals surface area contributed by atoms with E-state index in [0.29, 0.717) is 11.3 Å². The maximum atomic E-state index is 12.0. The van der Waals surface area contributed by atoms with Crippen molar-refractivity contribution >= 4 is 40.6 Å². The molecule has 0 unspecified atom stereocenters. The number of anilines is 1. The van der Waals surface area contributed by atoms with E-state index in [1.807, 2.05) is 0 Å². The number of nitrogens with two attached hydrogens (primary N) is 1. The van der Waals surface area contributed by atoms with Crippen LogP contribution in [0.1, 0.15) is 5.56 Å². The van der Waals surface area contributed by atoms with E-state index in [1.54, 1.807) is 24.3 Å². The van der Waals surface area contributed by atoms with Crippen LogP contribution in [-0.4, -0.2) is 47.2 Å². The summed E-state index contributed by atoms with van der Waals surface area (Å²) in [6, 6.07) is 6.89. The van der Waals surface area contributed by atoms with Crippen LogP contribution in [0.5, 0.6) is 0 Å². The molecule has 21 heavy (non-hydrogen) atoms. The van der Waals surface area contributed by atoms with Crippen LogP contribution in [0.15, 0.2) is 24.3 Å². The van der Waals surface area contributed by atoms with Gasteiger partial charge in [-0.1, -0.05) is 24.4 Å². The number of hydrogen-bond acceptors (Lipinski definition) is 5. The third-order valence-corrected chi connectivity index (χ3v) is 3.07. The molecule has 0 saturated carbocycles. The Morgan fingerprint density at radius 3 is 2.52 bits per heavy atom. The van der Waals surface area contributed by atoms with Crippen LogP contribution in [0.25, 0.3) is 0 Å². The van der Waals surface area contributed by atoms with Crippen LogP contribution in [-0.2, 0) is 14.4 Å². The van der Waals surface area contributed by atoms with Crippen molar-refractivity contribution in [3.05, 3.63) is 29.8 Å². The minimum absolute atomic E-state index is 0.0100. The molecule has 0 aliphatic carbocycles. The van der Waals surface area contributed by atoms with E-state index >= 15 is 0 Å². The molecule has 0 radical (unpaired) electrons. The van der Waals surface area contributed by atoms with Gasteiger partial charge in [-0.25, -0.2) is 0 Å². The van der Waals surface area contributed by atoms with Crippen LogP contribution in [0.2, 0.25) is 0 Å². The van der Waals surface area contributed by atoms with Gasteiger partial charge in [0.25, 0.3) is 0 Å². The summed E-state index contributed by atoms with van der Waals surface area (Å²) in [4.78, 5) is 36.1. The monoisotopic (exact) mass is 306 g/mol. The van der Waals surface area contributed by atoms with Gasteiger partial charge < -0.3 is 11.1 Å². The lowest BCUT2D eigenvalue weighted by Crippen LogP contribution is -2.53. The Balaban J connectivity index is 2.00. The number of nitrogens with one attached hydrogen (secondary N) is 2. The smallest absolute Gasteiger partial charge is 0.240 e. The molecule has 0 spiro atoms. The van der Waals surface area contributed by atoms with Crippen LogP contribution < -0.4 is 16.4 Å². The van der Waals surface area contributed by atoms with Crippen molar-refractivity contribution < 1.29 is 14.4 Å². The first-order valence-corrected chi connectivity index (χ1v) is 6.60. The summed E-state index contributed by atoms with van der Waals surface area (Å²) < 4.78 is 0. The van der Waals surface area contributed by atoms with Gasteiger partial charge >= 0.3 is 0 Å². The lowest BCUT2D eigenvalue weighted by molar-refractivity contribution is -0.136. The van der Waals surface area contributed by atoms with Crippen molar-refractivity contribution in [3.8, 4) is 0 Å². The van der Waals surface area contributed by atoms with Gasteiger partial charge in [0.1, 0.15) is 4.99 Å². The van der Waals surface area contributed by atoms with E-state index in [-0.39, 0.29) is 30.5 Å². The minimum Gasteiger partial charge on any atom is -0.389 e. The summed E-state index contributed by atoms with van der Waals surface area (Å²) in [5.74, 6) is -1.17. The summed E-state index contributed by atoms with van der Waals surface area (Å²) in [5.41, 5.74) is 6.65. The van der Waals surface area contributed by atoms with Crippen molar-refractivity contribution in [2.75, 3.05) is 25.0 Å². The molecular formula is C13H14N4O3S. The van der Waals surface area contributed by atoms with Crippen molar-refractivity contribution in [1.29, 1.82) is 0 Å². The van der Waals surface area contributed by atoms with Gasteiger partial charge in [-0.15, -0.1) is 0 Å². The Kier molecular flexibility index (Phi) is 4.61. The second-order valence-corrected chi connectivity index (χ2v) is 5.01. The molecule has 8 heteroatoms. The van der Waals surface area contributed by atoms with Gasteiger partial charge in [0, 0.05) is 5.56 Å². The van der Waals surface area contributed by atoms with Crippen molar-refractivity contribution in [3.63, 3.8) is 0 Å². The SMILES string of the molecule is NC(=S)c1ccccc1NC(=O)CN1CC(=O)NC(=O)C1. The van der Waals surface area contributed by atoms with Gasteiger partial charge in [0.15, 0.2) is 0 Å². The minimum atomic E-state index is -0.414. The average molecular weight is 306 g/mol. The van der Waals surface area contributed by atoms with Gasteiger partial charge in [0.2, 0.25) is 17.7 Å². The normalized spacial score (nSPS) is 15.4. The molecule has 2 rings (SSSR count). The topological polar surface area (TPSA) is 105 Å². The predicted octanol–water partition coefficient (Wildman–Crippen LogP) is -0.782. The molecule has 4 N–H and O–H groups in total. The lowest BCUT2D eigenvalue weighted by Gasteiger charge is -2.24. The fourth-order valence-corrected chi connectivity index (χ4v) is 2.19. The number of para-hydroxylation sites is 1. The number of piperazine rings is 1. The number of nitrogens with zero attached hydrogens (tertiary/aromatic N) is 1. The lowest BCUT2D eigenvalue weighted by atomic mass is 10.2. The standard InChI is InChI=1S/C13H14N4O3S/c14-13(21)8-3-1-2-4-9(8)15-10(18)5-17-6-11(19)16-12(20)7-17/h1-4H,5-7H2,(H2,14,21)(H,15,18)(H,16,19,20). The van der Waals surface area contributed by atoms with Crippen LogP contribution in [0.3, 0.4) is 0 Å². The number of carbonyl (C=O) groups excluding carboxylic acids is 3. The predicted molar refractivity (Wildman–Crippen MR) is 80.5 cm³/mol. The second kappa shape index (κ2) is 6.42. The summed E-state index contributed by atoms with van der Waals surface area (Å²) >= 11 is 4.91. The first-order chi connectivity index (χ1) is 9.95. The number of thiocarbonyl (C=S) groups is 1. The zero-order valence-electron chi connectivity index (χ0n) is 11.1. The van der Waals surface area contributed by atoms with Crippen LogP contribution in [0.4, 0.5) is 5.69 Å². The van der Waals surface area contributed by atoms with E-state index < -0.39 is 11.8 Å². The zero-order valence-corrected chi connectivity index (χ0v) is 11.9. The molecular weight excluding hydrogens is 292 g/mol. The highest BCUT2D eigenvalue weighted by atomic mass is 32.1.